The van der Waals surface area contributed by atoms with Gasteiger partial charge in [0.1, 0.15) is 5.75 Å². The highest BCUT2D eigenvalue weighted by atomic mass is 19.4. The van der Waals surface area contributed by atoms with Crippen LogP contribution in [0, 0.1) is 0 Å². The molecule has 17 heteroatoms. The van der Waals surface area contributed by atoms with Crippen molar-refractivity contribution in [1.29, 1.82) is 0 Å². The van der Waals surface area contributed by atoms with Gasteiger partial charge in [-0.2, -0.15) is 65.9 Å². The SMILES string of the molecule is CCCCOc1ccc(C(CC(F)(F)C(F)(F)C(F)(F)C(F)(F)C(F)(F)C(F)(F)C(F)(F)F)OC)cc1. The highest BCUT2D eigenvalue weighted by molar-refractivity contribution is 5.29. The molecule has 1 aromatic rings. The van der Waals surface area contributed by atoms with E-state index in [1.165, 1.54) is 0 Å². The summed E-state index contributed by atoms with van der Waals surface area (Å²) in [5.74, 6) is -46.5. The molecule has 0 amide bonds. The molecule has 1 aromatic carbocycles. The summed E-state index contributed by atoms with van der Waals surface area (Å²) in [6.45, 7) is 2.04. The van der Waals surface area contributed by atoms with Crippen LogP contribution in [0.15, 0.2) is 24.3 Å². The fourth-order valence-corrected chi connectivity index (χ4v) is 2.81. The molecule has 1 unspecified atom stereocenters. The van der Waals surface area contributed by atoms with Gasteiger partial charge in [0.05, 0.1) is 12.7 Å². The summed E-state index contributed by atoms with van der Waals surface area (Å²) in [4.78, 5) is 0. The van der Waals surface area contributed by atoms with E-state index in [4.69, 9.17) is 4.74 Å². The van der Waals surface area contributed by atoms with Gasteiger partial charge in [-0.05, 0) is 24.1 Å². The maximum atomic E-state index is 14.2. The van der Waals surface area contributed by atoms with Crippen molar-refractivity contribution in [3.8, 4) is 5.75 Å². The fourth-order valence-electron chi connectivity index (χ4n) is 2.81. The molecule has 37 heavy (non-hydrogen) atoms. The molecule has 0 radical (unpaired) electrons. The number of rotatable bonds is 13. The maximum Gasteiger partial charge on any atom is 0.460 e. The fraction of sp³-hybridized carbons (Fsp3) is 0.700. The Bertz CT molecular complexity index is 879. The largest absolute Gasteiger partial charge is 0.494 e. The molecule has 0 aliphatic heterocycles. The molecule has 1 rings (SSSR count). The van der Waals surface area contributed by atoms with Crippen molar-refractivity contribution in [1.82, 2.24) is 0 Å². The summed E-state index contributed by atoms with van der Waals surface area (Å²) in [6.07, 6.45) is -11.2. The first kappa shape index (κ1) is 33.0. The summed E-state index contributed by atoms with van der Waals surface area (Å²) in [7, 11) is 0.593. The summed E-state index contributed by atoms with van der Waals surface area (Å²) < 4.78 is 210. The van der Waals surface area contributed by atoms with Crippen molar-refractivity contribution in [2.45, 2.75) is 74.0 Å². The second-order valence-electron chi connectivity index (χ2n) is 7.77. The Labute approximate surface area is 199 Å². The Morgan fingerprint density at radius 2 is 1.08 bits per heavy atom. The first-order valence-corrected chi connectivity index (χ1v) is 10.1. The predicted molar refractivity (Wildman–Crippen MR) is 96.9 cm³/mol. The lowest BCUT2D eigenvalue weighted by Gasteiger charge is -2.42. The van der Waals surface area contributed by atoms with E-state index in [0.717, 1.165) is 30.7 Å². The van der Waals surface area contributed by atoms with Gasteiger partial charge in [0, 0.05) is 13.5 Å². The third kappa shape index (κ3) is 5.70. The highest BCUT2D eigenvalue weighted by Crippen LogP contribution is 2.63. The van der Waals surface area contributed by atoms with Crippen LogP contribution >= 0.6 is 0 Å². The third-order valence-corrected chi connectivity index (χ3v) is 5.14. The molecule has 216 valence electrons. The molecule has 0 aliphatic carbocycles. The average molecular weight is 576 g/mol. The molecule has 0 saturated carbocycles. The van der Waals surface area contributed by atoms with Crippen LogP contribution in [0.1, 0.15) is 37.9 Å². The van der Waals surface area contributed by atoms with E-state index in [1.54, 1.807) is 0 Å². The minimum absolute atomic E-state index is 0.142. The average Bonchev–Trinajstić information content (AvgIpc) is 2.76. The Hall–Kier alpha value is -2.07. The molecule has 0 spiro atoms. The van der Waals surface area contributed by atoms with Gasteiger partial charge < -0.3 is 9.47 Å². The van der Waals surface area contributed by atoms with Crippen molar-refractivity contribution in [2.75, 3.05) is 13.7 Å². The topological polar surface area (TPSA) is 18.5 Å². The first-order valence-electron chi connectivity index (χ1n) is 10.1. The van der Waals surface area contributed by atoms with Crippen LogP contribution in [0.4, 0.5) is 65.9 Å². The third-order valence-electron chi connectivity index (χ3n) is 5.14. The minimum atomic E-state index is -8.31. The van der Waals surface area contributed by atoms with Gasteiger partial charge in [-0.1, -0.05) is 25.5 Å². The van der Waals surface area contributed by atoms with Crippen molar-refractivity contribution < 1.29 is 75.3 Å². The van der Waals surface area contributed by atoms with Crippen molar-refractivity contribution in [3.63, 3.8) is 0 Å². The Balaban J connectivity index is 3.35. The zero-order valence-corrected chi connectivity index (χ0v) is 18.7. The van der Waals surface area contributed by atoms with E-state index in [0.29, 0.717) is 13.5 Å². The molecular weight excluding hydrogens is 557 g/mol. The number of hydrogen-bond acceptors (Lipinski definition) is 2. The van der Waals surface area contributed by atoms with E-state index in [1.807, 2.05) is 6.92 Å². The first-order chi connectivity index (χ1) is 16.5. The normalized spacial score (nSPS) is 15.6. The van der Waals surface area contributed by atoms with Gasteiger partial charge in [0.2, 0.25) is 0 Å². The summed E-state index contributed by atoms with van der Waals surface area (Å²) in [5, 5.41) is 0. The van der Waals surface area contributed by atoms with Crippen molar-refractivity contribution in [3.05, 3.63) is 29.8 Å². The van der Waals surface area contributed by atoms with Gasteiger partial charge in [0.15, 0.2) is 0 Å². The second-order valence-corrected chi connectivity index (χ2v) is 7.77. The minimum Gasteiger partial charge on any atom is -0.494 e. The number of unbranched alkanes of at least 4 members (excludes halogenated alkanes) is 1. The molecule has 0 heterocycles. The second kappa shape index (κ2) is 10.6. The van der Waals surface area contributed by atoms with E-state index < -0.39 is 59.8 Å². The quantitative estimate of drug-likeness (QED) is 0.174. The van der Waals surface area contributed by atoms with Gasteiger partial charge in [-0.3, -0.25) is 0 Å². The van der Waals surface area contributed by atoms with Crippen LogP contribution in [0.5, 0.6) is 5.75 Å². The lowest BCUT2D eigenvalue weighted by Crippen LogP contribution is -2.72. The van der Waals surface area contributed by atoms with Crippen LogP contribution in [0.3, 0.4) is 0 Å². The summed E-state index contributed by atoms with van der Waals surface area (Å²) in [5.41, 5.74) is -0.440. The van der Waals surface area contributed by atoms with Crippen molar-refractivity contribution >= 4 is 0 Å². The van der Waals surface area contributed by atoms with Crippen LogP contribution in [0.25, 0.3) is 0 Å². The van der Waals surface area contributed by atoms with E-state index >= 15 is 0 Å². The van der Waals surface area contributed by atoms with E-state index in [2.05, 4.69) is 4.74 Å². The molecule has 0 aliphatic rings. The van der Waals surface area contributed by atoms with Crippen LogP contribution < -0.4 is 4.74 Å². The highest BCUT2D eigenvalue weighted by Gasteiger charge is 2.93. The van der Waals surface area contributed by atoms with Gasteiger partial charge in [0.25, 0.3) is 0 Å². The Kier molecular flexibility index (Phi) is 9.44. The zero-order chi connectivity index (χ0) is 29.3. The number of benzene rings is 1. The van der Waals surface area contributed by atoms with Gasteiger partial charge in [-0.25, -0.2) is 0 Å². The van der Waals surface area contributed by atoms with Crippen molar-refractivity contribution in [2.24, 2.45) is 0 Å². The lowest BCUT2D eigenvalue weighted by atomic mass is 9.88. The van der Waals surface area contributed by atoms with Crippen LogP contribution in [-0.2, 0) is 4.74 Å². The maximum absolute atomic E-state index is 14.2. The zero-order valence-electron chi connectivity index (χ0n) is 18.7. The van der Waals surface area contributed by atoms with Crippen LogP contribution in [-0.4, -0.2) is 55.4 Å². The van der Waals surface area contributed by atoms with Crippen LogP contribution in [0.2, 0.25) is 0 Å². The molecule has 0 aromatic heterocycles. The standard InChI is InChI=1S/C20H19F15O2/c1-3-4-9-37-12-7-5-11(6-8-12)13(36-2)10-14(21,22)15(23,24)16(25,26)17(27,28)18(29,30)19(31,32)20(33,34)35/h5-8,13H,3-4,9-10H2,1-2H3. The Morgan fingerprint density at radius 3 is 1.49 bits per heavy atom. The molecule has 0 fully saturated rings. The molecule has 0 saturated heterocycles. The van der Waals surface area contributed by atoms with E-state index in [9.17, 15) is 65.9 Å². The molecular formula is C20H19F15O2. The Morgan fingerprint density at radius 1 is 0.649 bits per heavy atom. The number of ether oxygens (including phenoxy) is 2. The molecule has 0 N–H and O–H groups in total. The molecule has 2 nitrogen and oxygen atoms in total. The monoisotopic (exact) mass is 576 g/mol. The lowest BCUT2D eigenvalue weighted by molar-refractivity contribution is -0.453. The molecule has 0 bridgehead atoms. The van der Waals surface area contributed by atoms with Gasteiger partial charge >= 0.3 is 41.7 Å². The summed E-state index contributed by atoms with van der Waals surface area (Å²) in [6, 6.07) is 4.06. The number of halogens is 15. The summed E-state index contributed by atoms with van der Waals surface area (Å²) >= 11 is 0. The molecule has 1 atom stereocenters. The number of methoxy groups -OCH3 is 1. The number of alkyl halides is 15. The number of hydrogen-bond donors (Lipinski definition) is 0. The van der Waals surface area contributed by atoms with E-state index in [-0.39, 0.29) is 12.4 Å². The predicted octanol–water partition coefficient (Wildman–Crippen LogP) is 8.32. The smallest absolute Gasteiger partial charge is 0.460 e. The van der Waals surface area contributed by atoms with Gasteiger partial charge in [-0.15, -0.1) is 0 Å².